The maximum Gasteiger partial charge on any atom is 0.277 e. The third-order valence-electron chi connectivity index (χ3n) is 4.59. The highest BCUT2D eigenvalue weighted by atomic mass is 35.5. The molecule has 0 radical (unpaired) electrons. The van der Waals surface area contributed by atoms with Gasteiger partial charge in [0.1, 0.15) is 16.5 Å². The SMILES string of the molecule is CCOc1ccc(-n2c(C)cc(/C=N\NC(=O)COc3cc(Cl)cc(Cl)c3Cl)c2C)cc1. The highest BCUT2D eigenvalue weighted by molar-refractivity contribution is 6.44. The van der Waals surface area contributed by atoms with Crippen molar-refractivity contribution in [2.75, 3.05) is 13.2 Å². The lowest BCUT2D eigenvalue weighted by molar-refractivity contribution is -0.123. The summed E-state index contributed by atoms with van der Waals surface area (Å²) in [6, 6.07) is 12.8. The summed E-state index contributed by atoms with van der Waals surface area (Å²) in [6.07, 6.45) is 1.59. The van der Waals surface area contributed by atoms with E-state index in [0.29, 0.717) is 11.6 Å². The molecule has 0 aliphatic heterocycles. The predicted molar refractivity (Wildman–Crippen MR) is 129 cm³/mol. The Kier molecular flexibility index (Phi) is 8.07. The standard InChI is InChI=1S/C23H22Cl3N3O3/c1-4-31-19-7-5-18(6-8-19)29-14(2)9-16(15(29)3)12-27-28-22(30)13-32-21-11-17(24)10-20(25)23(21)26/h5-12H,4,13H2,1-3H3,(H,28,30)/b27-12-. The minimum absolute atomic E-state index is 0.189. The molecule has 0 saturated heterocycles. The Morgan fingerprint density at radius 2 is 1.81 bits per heavy atom. The number of aromatic nitrogens is 1. The Labute approximate surface area is 201 Å². The second-order valence-electron chi connectivity index (χ2n) is 6.87. The van der Waals surface area contributed by atoms with Crippen LogP contribution in [0.25, 0.3) is 5.69 Å². The van der Waals surface area contributed by atoms with Crippen molar-refractivity contribution in [1.29, 1.82) is 0 Å². The van der Waals surface area contributed by atoms with Gasteiger partial charge in [0.2, 0.25) is 0 Å². The van der Waals surface area contributed by atoms with Gasteiger partial charge in [0.05, 0.1) is 17.8 Å². The maximum atomic E-state index is 12.1. The predicted octanol–water partition coefficient (Wildman–Crippen LogP) is 5.98. The van der Waals surface area contributed by atoms with E-state index in [2.05, 4.69) is 15.1 Å². The van der Waals surface area contributed by atoms with Crippen molar-refractivity contribution >= 4 is 46.9 Å². The number of halogens is 3. The molecule has 6 nitrogen and oxygen atoms in total. The molecule has 1 amide bonds. The number of rotatable bonds is 8. The summed E-state index contributed by atoms with van der Waals surface area (Å²) in [5.41, 5.74) is 6.35. The first-order chi connectivity index (χ1) is 15.3. The van der Waals surface area contributed by atoms with Gasteiger partial charge in [-0.2, -0.15) is 5.10 Å². The molecule has 9 heteroatoms. The highest BCUT2D eigenvalue weighted by Crippen LogP contribution is 2.35. The van der Waals surface area contributed by atoms with E-state index in [1.807, 2.05) is 51.1 Å². The third kappa shape index (κ3) is 5.76. The topological polar surface area (TPSA) is 64.8 Å². The molecule has 3 rings (SSSR count). The molecule has 0 saturated carbocycles. The molecular weight excluding hydrogens is 473 g/mol. The molecule has 0 spiro atoms. The van der Waals surface area contributed by atoms with Gasteiger partial charge in [0, 0.05) is 33.7 Å². The fourth-order valence-electron chi connectivity index (χ4n) is 3.16. The fourth-order valence-corrected chi connectivity index (χ4v) is 3.80. The number of amides is 1. The Balaban J connectivity index is 1.63. The minimum Gasteiger partial charge on any atom is -0.494 e. The van der Waals surface area contributed by atoms with Crippen LogP contribution in [0.4, 0.5) is 0 Å². The minimum atomic E-state index is -0.450. The smallest absolute Gasteiger partial charge is 0.277 e. The molecule has 0 aliphatic carbocycles. The number of hydrazone groups is 1. The van der Waals surface area contributed by atoms with E-state index < -0.39 is 5.91 Å². The quantitative estimate of drug-likeness (QED) is 0.238. The van der Waals surface area contributed by atoms with Gasteiger partial charge in [-0.25, -0.2) is 5.43 Å². The first-order valence-corrected chi connectivity index (χ1v) is 10.9. The first kappa shape index (κ1) is 24.0. The van der Waals surface area contributed by atoms with Crippen LogP contribution in [0.3, 0.4) is 0 Å². The number of carbonyl (C=O) groups is 1. The molecular formula is C23H22Cl3N3O3. The van der Waals surface area contributed by atoms with Crippen molar-refractivity contribution in [3.63, 3.8) is 0 Å². The van der Waals surface area contributed by atoms with E-state index in [4.69, 9.17) is 44.3 Å². The number of nitrogens with one attached hydrogen (secondary N) is 1. The second kappa shape index (κ2) is 10.8. The normalized spacial score (nSPS) is 11.1. The van der Waals surface area contributed by atoms with E-state index in [9.17, 15) is 4.79 Å². The Morgan fingerprint density at radius 3 is 2.50 bits per heavy atom. The molecule has 1 aromatic heterocycles. The lowest BCUT2D eigenvalue weighted by Crippen LogP contribution is -2.24. The van der Waals surface area contributed by atoms with Crippen molar-refractivity contribution in [3.8, 4) is 17.2 Å². The van der Waals surface area contributed by atoms with Crippen LogP contribution in [-0.2, 0) is 4.79 Å². The van der Waals surface area contributed by atoms with Gasteiger partial charge in [0.25, 0.3) is 5.91 Å². The molecule has 1 heterocycles. The van der Waals surface area contributed by atoms with E-state index in [-0.39, 0.29) is 22.4 Å². The largest absolute Gasteiger partial charge is 0.494 e. The van der Waals surface area contributed by atoms with Crippen LogP contribution in [0.2, 0.25) is 15.1 Å². The van der Waals surface area contributed by atoms with Crippen LogP contribution in [-0.4, -0.2) is 29.9 Å². The molecule has 0 aliphatic rings. The van der Waals surface area contributed by atoms with Crippen LogP contribution in [0, 0.1) is 13.8 Å². The maximum absolute atomic E-state index is 12.1. The van der Waals surface area contributed by atoms with E-state index in [1.54, 1.807) is 6.21 Å². The summed E-state index contributed by atoms with van der Waals surface area (Å²) in [4.78, 5) is 12.1. The Hall–Kier alpha value is -2.67. The molecule has 0 unspecified atom stereocenters. The van der Waals surface area contributed by atoms with Gasteiger partial charge >= 0.3 is 0 Å². The summed E-state index contributed by atoms with van der Waals surface area (Å²) < 4.78 is 13.0. The van der Waals surface area contributed by atoms with Gasteiger partial charge in [-0.3, -0.25) is 4.79 Å². The van der Waals surface area contributed by atoms with Crippen LogP contribution in [0.15, 0.2) is 47.6 Å². The van der Waals surface area contributed by atoms with Gasteiger partial charge < -0.3 is 14.0 Å². The van der Waals surface area contributed by atoms with Crippen molar-refractivity contribution in [3.05, 3.63) is 74.5 Å². The zero-order chi connectivity index (χ0) is 23.3. The highest BCUT2D eigenvalue weighted by Gasteiger charge is 2.12. The molecule has 3 aromatic rings. The van der Waals surface area contributed by atoms with Crippen molar-refractivity contribution in [1.82, 2.24) is 9.99 Å². The molecule has 168 valence electrons. The summed E-state index contributed by atoms with van der Waals surface area (Å²) in [7, 11) is 0. The lowest BCUT2D eigenvalue weighted by atomic mass is 10.2. The summed E-state index contributed by atoms with van der Waals surface area (Å²) in [5, 5.41) is 4.83. The van der Waals surface area contributed by atoms with E-state index in [0.717, 1.165) is 28.4 Å². The number of carbonyl (C=O) groups excluding carboxylic acids is 1. The average Bonchev–Trinajstić information content (AvgIpc) is 3.03. The van der Waals surface area contributed by atoms with Gasteiger partial charge in [0.15, 0.2) is 6.61 Å². The second-order valence-corrected chi connectivity index (χ2v) is 8.09. The summed E-state index contributed by atoms with van der Waals surface area (Å²) in [6.45, 7) is 6.28. The van der Waals surface area contributed by atoms with Crippen LogP contribution < -0.4 is 14.9 Å². The number of ether oxygens (including phenoxy) is 2. The zero-order valence-electron chi connectivity index (χ0n) is 17.8. The molecule has 0 atom stereocenters. The van der Waals surface area contributed by atoms with Crippen molar-refractivity contribution < 1.29 is 14.3 Å². The van der Waals surface area contributed by atoms with Gasteiger partial charge in [-0.05, 0) is 57.2 Å². The number of aryl methyl sites for hydroxylation is 1. The van der Waals surface area contributed by atoms with Crippen molar-refractivity contribution in [2.45, 2.75) is 20.8 Å². The Bertz CT molecular complexity index is 1140. The molecule has 32 heavy (non-hydrogen) atoms. The number of benzene rings is 2. The fraction of sp³-hybridized carbons (Fsp3) is 0.217. The molecule has 2 aromatic carbocycles. The molecule has 0 bridgehead atoms. The first-order valence-electron chi connectivity index (χ1n) is 9.81. The van der Waals surface area contributed by atoms with E-state index in [1.165, 1.54) is 12.1 Å². The monoisotopic (exact) mass is 493 g/mol. The number of hydrogen-bond donors (Lipinski definition) is 1. The van der Waals surface area contributed by atoms with Crippen molar-refractivity contribution in [2.24, 2.45) is 5.10 Å². The van der Waals surface area contributed by atoms with Crippen LogP contribution in [0.1, 0.15) is 23.9 Å². The summed E-state index contributed by atoms with van der Waals surface area (Å²) >= 11 is 17.9. The van der Waals surface area contributed by atoms with E-state index >= 15 is 0 Å². The van der Waals surface area contributed by atoms with Gasteiger partial charge in [-0.15, -0.1) is 0 Å². The Morgan fingerprint density at radius 1 is 1.09 bits per heavy atom. The van der Waals surface area contributed by atoms with Crippen LogP contribution in [0.5, 0.6) is 11.5 Å². The zero-order valence-corrected chi connectivity index (χ0v) is 20.1. The average molecular weight is 495 g/mol. The van der Waals surface area contributed by atoms with Crippen LogP contribution >= 0.6 is 34.8 Å². The summed E-state index contributed by atoms with van der Waals surface area (Å²) in [5.74, 6) is 0.600. The lowest BCUT2D eigenvalue weighted by Gasteiger charge is -2.11. The number of hydrogen-bond acceptors (Lipinski definition) is 4. The molecule has 1 N–H and O–H groups in total. The third-order valence-corrected chi connectivity index (χ3v) is 5.59. The van der Waals surface area contributed by atoms with Gasteiger partial charge in [-0.1, -0.05) is 34.8 Å². The number of nitrogens with zero attached hydrogens (tertiary/aromatic N) is 2. The molecule has 0 fully saturated rings.